The van der Waals surface area contributed by atoms with Gasteiger partial charge in [0.15, 0.2) is 0 Å². The van der Waals surface area contributed by atoms with Gasteiger partial charge < -0.3 is 10.4 Å². The van der Waals surface area contributed by atoms with E-state index < -0.39 is 6.10 Å². The lowest BCUT2D eigenvalue weighted by molar-refractivity contribution is 0.145. The van der Waals surface area contributed by atoms with Crippen LogP contribution in [0.1, 0.15) is 44.8 Å². The highest BCUT2D eigenvalue weighted by Gasteiger charge is 2.27. The fourth-order valence-corrected chi connectivity index (χ4v) is 3.25. The zero-order valence-corrected chi connectivity index (χ0v) is 12.5. The van der Waals surface area contributed by atoms with E-state index >= 15 is 0 Å². The molecule has 0 aliphatic heterocycles. The maximum Gasteiger partial charge on any atom is 0.0928 e. The van der Waals surface area contributed by atoms with Crippen molar-refractivity contribution in [3.05, 3.63) is 34.9 Å². The van der Waals surface area contributed by atoms with Crippen LogP contribution in [0, 0.1) is 11.8 Å². The van der Waals surface area contributed by atoms with Crippen molar-refractivity contribution in [3.63, 3.8) is 0 Å². The highest BCUT2D eigenvalue weighted by molar-refractivity contribution is 6.31. The second kappa shape index (κ2) is 6.74. The molecule has 3 heteroatoms. The molecule has 0 bridgehead atoms. The van der Waals surface area contributed by atoms with E-state index in [0.717, 1.165) is 11.5 Å². The molecule has 0 amide bonds. The van der Waals surface area contributed by atoms with Crippen LogP contribution >= 0.6 is 11.6 Å². The van der Waals surface area contributed by atoms with Crippen LogP contribution < -0.4 is 5.32 Å². The molecule has 0 aromatic heterocycles. The molecule has 2 rings (SSSR count). The van der Waals surface area contributed by atoms with Gasteiger partial charge in [-0.2, -0.15) is 0 Å². The first-order valence-corrected chi connectivity index (χ1v) is 7.63. The molecule has 1 aromatic rings. The van der Waals surface area contributed by atoms with Crippen molar-refractivity contribution in [3.8, 4) is 0 Å². The third kappa shape index (κ3) is 3.71. The Balaban J connectivity index is 1.90. The predicted molar refractivity (Wildman–Crippen MR) is 80.4 cm³/mol. The lowest BCUT2D eigenvalue weighted by Crippen LogP contribution is -2.42. The van der Waals surface area contributed by atoms with Gasteiger partial charge in [0.05, 0.1) is 6.10 Å². The van der Waals surface area contributed by atoms with Gasteiger partial charge in [0, 0.05) is 23.2 Å². The average Bonchev–Trinajstić information content (AvgIpc) is 2.40. The number of nitrogens with one attached hydrogen (secondary N) is 1. The summed E-state index contributed by atoms with van der Waals surface area (Å²) in [5.41, 5.74) is 0.813. The van der Waals surface area contributed by atoms with Gasteiger partial charge in [-0.3, -0.25) is 0 Å². The normalized spacial score (nSPS) is 29.2. The third-order valence-corrected chi connectivity index (χ3v) is 4.89. The van der Waals surface area contributed by atoms with Crippen LogP contribution in [0.5, 0.6) is 0 Å². The van der Waals surface area contributed by atoms with Crippen molar-refractivity contribution in [2.45, 2.75) is 45.3 Å². The van der Waals surface area contributed by atoms with Crippen LogP contribution in [0.2, 0.25) is 5.02 Å². The average molecular weight is 282 g/mol. The number of benzene rings is 1. The summed E-state index contributed by atoms with van der Waals surface area (Å²) >= 11 is 6.10. The Labute approximate surface area is 121 Å². The molecule has 106 valence electrons. The Hall–Kier alpha value is -0.570. The summed E-state index contributed by atoms with van der Waals surface area (Å²) in [5, 5.41) is 14.4. The van der Waals surface area contributed by atoms with E-state index in [4.69, 9.17) is 11.6 Å². The van der Waals surface area contributed by atoms with E-state index in [0.29, 0.717) is 23.5 Å². The summed E-state index contributed by atoms with van der Waals surface area (Å²) < 4.78 is 0. The van der Waals surface area contributed by atoms with E-state index in [1.54, 1.807) is 0 Å². The fraction of sp³-hybridized carbons (Fsp3) is 0.625. The number of halogens is 1. The van der Waals surface area contributed by atoms with Crippen molar-refractivity contribution in [2.75, 3.05) is 6.54 Å². The van der Waals surface area contributed by atoms with Crippen molar-refractivity contribution in [1.29, 1.82) is 0 Å². The van der Waals surface area contributed by atoms with Gasteiger partial charge >= 0.3 is 0 Å². The lowest BCUT2D eigenvalue weighted by Gasteiger charge is -2.35. The van der Waals surface area contributed by atoms with Gasteiger partial charge in [0.1, 0.15) is 0 Å². The highest BCUT2D eigenvalue weighted by atomic mass is 35.5. The molecule has 2 N–H and O–H groups in total. The van der Waals surface area contributed by atoms with Crippen LogP contribution in [0.15, 0.2) is 24.3 Å². The molecule has 1 saturated carbocycles. The molecule has 19 heavy (non-hydrogen) atoms. The van der Waals surface area contributed by atoms with Crippen LogP contribution in [0.3, 0.4) is 0 Å². The third-order valence-electron chi connectivity index (χ3n) is 4.54. The number of aliphatic hydroxyl groups is 1. The van der Waals surface area contributed by atoms with Crippen molar-refractivity contribution in [1.82, 2.24) is 5.32 Å². The number of rotatable bonds is 4. The molecule has 1 aliphatic carbocycles. The fourth-order valence-electron chi connectivity index (χ4n) is 2.99. The van der Waals surface area contributed by atoms with E-state index in [9.17, 15) is 5.11 Å². The smallest absolute Gasteiger partial charge is 0.0928 e. The second-order valence-electron chi connectivity index (χ2n) is 5.82. The van der Waals surface area contributed by atoms with E-state index in [1.165, 1.54) is 19.3 Å². The maximum atomic E-state index is 10.2. The Morgan fingerprint density at radius 1 is 1.32 bits per heavy atom. The van der Waals surface area contributed by atoms with Crippen molar-refractivity contribution < 1.29 is 5.11 Å². The monoisotopic (exact) mass is 281 g/mol. The molecule has 2 nitrogen and oxygen atoms in total. The Kier molecular flexibility index (Phi) is 5.26. The SMILES string of the molecule is CC1CCCC(NCC(O)c2ccccc2Cl)C1C. The van der Waals surface area contributed by atoms with E-state index in [-0.39, 0.29) is 0 Å². The first-order valence-electron chi connectivity index (χ1n) is 7.25. The molecule has 4 unspecified atom stereocenters. The van der Waals surface area contributed by atoms with Gasteiger partial charge in [-0.25, -0.2) is 0 Å². The predicted octanol–water partition coefficient (Wildman–Crippen LogP) is 3.79. The maximum absolute atomic E-state index is 10.2. The summed E-state index contributed by atoms with van der Waals surface area (Å²) in [5.74, 6) is 1.44. The van der Waals surface area contributed by atoms with Gasteiger partial charge in [-0.05, 0) is 24.3 Å². The minimum Gasteiger partial charge on any atom is -0.387 e. The molecule has 4 atom stereocenters. The number of hydrogen-bond acceptors (Lipinski definition) is 2. The van der Waals surface area contributed by atoms with Gasteiger partial charge in [0.2, 0.25) is 0 Å². The molecular formula is C16H24ClNO. The molecule has 0 radical (unpaired) electrons. The first-order chi connectivity index (χ1) is 9.09. The standard InChI is InChI=1S/C16H24ClNO/c1-11-6-5-9-15(12(11)2)18-10-16(19)13-7-3-4-8-14(13)17/h3-4,7-8,11-12,15-16,18-19H,5-6,9-10H2,1-2H3. The van der Waals surface area contributed by atoms with Crippen molar-refractivity contribution in [2.24, 2.45) is 11.8 Å². The molecule has 1 aliphatic rings. The second-order valence-corrected chi connectivity index (χ2v) is 6.23. The minimum absolute atomic E-state index is 0.515. The summed E-state index contributed by atoms with van der Waals surface area (Å²) in [4.78, 5) is 0. The zero-order chi connectivity index (χ0) is 13.8. The van der Waals surface area contributed by atoms with Crippen LogP contribution in [-0.4, -0.2) is 17.7 Å². The molecule has 0 heterocycles. The Morgan fingerprint density at radius 3 is 2.79 bits per heavy atom. The van der Waals surface area contributed by atoms with Gasteiger partial charge in [-0.1, -0.05) is 56.5 Å². The van der Waals surface area contributed by atoms with E-state index in [1.807, 2.05) is 24.3 Å². The molecule has 1 fully saturated rings. The Bertz CT molecular complexity index is 409. The van der Waals surface area contributed by atoms with E-state index in [2.05, 4.69) is 19.2 Å². The summed E-state index contributed by atoms with van der Waals surface area (Å²) in [6.07, 6.45) is 3.29. The lowest BCUT2D eigenvalue weighted by atomic mass is 9.78. The molecular weight excluding hydrogens is 258 g/mol. The van der Waals surface area contributed by atoms with Crippen LogP contribution in [0.25, 0.3) is 0 Å². The summed E-state index contributed by atoms with van der Waals surface area (Å²) in [7, 11) is 0. The van der Waals surface area contributed by atoms with Crippen LogP contribution in [0.4, 0.5) is 0 Å². The summed E-state index contributed by atoms with van der Waals surface area (Å²) in [6.45, 7) is 5.21. The minimum atomic E-state index is -0.530. The first kappa shape index (κ1) is 14.8. The van der Waals surface area contributed by atoms with Crippen LogP contribution in [-0.2, 0) is 0 Å². The molecule has 0 saturated heterocycles. The zero-order valence-electron chi connectivity index (χ0n) is 11.8. The van der Waals surface area contributed by atoms with Gasteiger partial charge in [-0.15, -0.1) is 0 Å². The topological polar surface area (TPSA) is 32.3 Å². The van der Waals surface area contributed by atoms with Crippen molar-refractivity contribution >= 4 is 11.6 Å². The Morgan fingerprint density at radius 2 is 2.05 bits per heavy atom. The molecule has 0 spiro atoms. The van der Waals surface area contributed by atoms with Gasteiger partial charge in [0.25, 0.3) is 0 Å². The number of aliphatic hydroxyl groups excluding tert-OH is 1. The number of hydrogen-bond donors (Lipinski definition) is 2. The largest absolute Gasteiger partial charge is 0.387 e. The molecule has 1 aromatic carbocycles. The highest BCUT2D eigenvalue weighted by Crippen LogP contribution is 2.30. The summed E-state index contributed by atoms with van der Waals surface area (Å²) in [6, 6.07) is 8.03. The quantitative estimate of drug-likeness (QED) is 0.880.